The van der Waals surface area contributed by atoms with Gasteiger partial charge in [-0.1, -0.05) is 48.2 Å². The van der Waals surface area contributed by atoms with E-state index in [-0.39, 0.29) is 17.8 Å². The first-order valence-corrected chi connectivity index (χ1v) is 9.10. The maximum absolute atomic E-state index is 13.2. The summed E-state index contributed by atoms with van der Waals surface area (Å²) in [5.74, 6) is -0.609. The summed E-state index contributed by atoms with van der Waals surface area (Å²) in [6.07, 6.45) is 1.66. The molecule has 0 saturated carbocycles. The average molecular weight is 370 g/mol. The number of carbonyl (C=O) groups excluding carboxylic acids is 1. The summed E-state index contributed by atoms with van der Waals surface area (Å²) in [5.41, 5.74) is 1.56. The van der Waals surface area contributed by atoms with Crippen LogP contribution in [-0.2, 0) is 4.79 Å². The van der Waals surface area contributed by atoms with Gasteiger partial charge >= 0.3 is 0 Å². The van der Waals surface area contributed by atoms with Gasteiger partial charge in [0.25, 0.3) is 0 Å². The molecule has 0 bridgehead atoms. The third-order valence-corrected chi connectivity index (χ3v) is 5.05. The molecule has 2 aromatic carbocycles. The van der Waals surface area contributed by atoms with E-state index in [1.807, 2.05) is 34.9 Å². The molecule has 0 radical (unpaired) electrons. The number of amides is 1. The Morgan fingerprint density at radius 3 is 2.65 bits per heavy atom. The van der Waals surface area contributed by atoms with Crippen LogP contribution < -0.4 is 5.32 Å². The van der Waals surface area contributed by atoms with Crippen LogP contribution in [0.2, 0.25) is 0 Å². The van der Waals surface area contributed by atoms with Crippen molar-refractivity contribution < 1.29 is 9.18 Å². The molecule has 1 N–H and O–H groups in total. The molecule has 2 atom stereocenters. The number of carbonyl (C=O) groups is 1. The van der Waals surface area contributed by atoms with Crippen molar-refractivity contribution >= 4 is 23.4 Å². The van der Waals surface area contributed by atoms with Crippen LogP contribution in [0.25, 0.3) is 0 Å². The Morgan fingerprint density at radius 2 is 1.92 bits per heavy atom. The molecule has 0 aliphatic heterocycles. The molecular weight excluding hydrogens is 351 g/mol. The van der Waals surface area contributed by atoms with Crippen LogP contribution >= 0.6 is 11.8 Å². The average Bonchev–Trinajstić information content (AvgIpc) is 3.10. The van der Waals surface area contributed by atoms with Gasteiger partial charge in [-0.25, -0.2) is 4.39 Å². The standard InChI is InChI=1S/C19H19FN4OS/c1-13(15-7-4-3-5-8-15)24-12-21-23-19(24)26-14(2)18(25)22-17-10-6-9-16(20)11-17/h3-14H,1-2H3,(H,22,25)/t13-,14-/m0/s1. The summed E-state index contributed by atoms with van der Waals surface area (Å²) in [7, 11) is 0. The minimum absolute atomic E-state index is 0.0483. The zero-order chi connectivity index (χ0) is 18.5. The van der Waals surface area contributed by atoms with Crippen LogP contribution in [0.3, 0.4) is 0 Å². The molecule has 0 unspecified atom stereocenters. The summed E-state index contributed by atoms with van der Waals surface area (Å²) < 4.78 is 15.2. The SMILES string of the molecule is C[C@H](Sc1nncn1[C@@H](C)c1ccccc1)C(=O)Nc1cccc(F)c1. The van der Waals surface area contributed by atoms with E-state index in [1.165, 1.54) is 23.9 Å². The van der Waals surface area contributed by atoms with Crippen LogP contribution in [0, 0.1) is 5.82 Å². The predicted octanol–water partition coefficient (Wildman–Crippen LogP) is 4.15. The van der Waals surface area contributed by atoms with Crippen LogP contribution in [0.15, 0.2) is 66.1 Å². The highest BCUT2D eigenvalue weighted by atomic mass is 32.2. The number of rotatable bonds is 6. The lowest BCUT2D eigenvalue weighted by molar-refractivity contribution is -0.115. The van der Waals surface area contributed by atoms with E-state index in [0.29, 0.717) is 10.8 Å². The summed E-state index contributed by atoms with van der Waals surface area (Å²) in [4.78, 5) is 12.4. The fourth-order valence-electron chi connectivity index (χ4n) is 2.50. The number of aromatic nitrogens is 3. The first-order chi connectivity index (χ1) is 12.5. The molecule has 1 amide bonds. The number of halogens is 1. The molecule has 5 nitrogen and oxygen atoms in total. The van der Waals surface area contributed by atoms with Crippen LogP contribution in [0.5, 0.6) is 0 Å². The van der Waals surface area contributed by atoms with E-state index in [0.717, 1.165) is 5.56 Å². The molecule has 134 valence electrons. The van der Waals surface area contributed by atoms with E-state index in [1.54, 1.807) is 25.4 Å². The zero-order valence-corrected chi connectivity index (χ0v) is 15.3. The Morgan fingerprint density at radius 1 is 1.15 bits per heavy atom. The molecule has 0 saturated heterocycles. The van der Waals surface area contributed by atoms with Crippen molar-refractivity contribution in [2.24, 2.45) is 0 Å². The van der Waals surface area contributed by atoms with Gasteiger partial charge in [0.15, 0.2) is 5.16 Å². The van der Waals surface area contributed by atoms with Crippen molar-refractivity contribution in [2.45, 2.75) is 30.3 Å². The molecule has 0 aliphatic rings. The maximum Gasteiger partial charge on any atom is 0.237 e. The smallest absolute Gasteiger partial charge is 0.237 e. The largest absolute Gasteiger partial charge is 0.325 e. The number of nitrogens with zero attached hydrogens (tertiary/aromatic N) is 3. The van der Waals surface area contributed by atoms with Gasteiger partial charge in [0.2, 0.25) is 5.91 Å². The minimum atomic E-state index is -0.413. The van der Waals surface area contributed by atoms with Crippen molar-refractivity contribution in [1.29, 1.82) is 0 Å². The normalized spacial score (nSPS) is 13.2. The molecule has 3 aromatic rings. The first-order valence-electron chi connectivity index (χ1n) is 8.22. The highest BCUT2D eigenvalue weighted by Crippen LogP contribution is 2.27. The highest BCUT2D eigenvalue weighted by Gasteiger charge is 2.20. The molecular formula is C19H19FN4OS. The predicted molar refractivity (Wildman–Crippen MR) is 101 cm³/mol. The molecule has 26 heavy (non-hydrogen) atoms. The van der Waals surface area contributed by atoms with Gasteiger partial charge in [0, 0.05) is 5.69 Å². The summed E-state index contributed by atoms with van der Waals surface area (Å²) in [6, 6.07) is 15.9. The molecule has 3 rings (SSSR count). The number of benzene rings is 2. The Labute approximate surface area is 155 Å². The Bertz CT molecular complexity index is 884. The minimum Gasteiger partial charge on any atom is -0.325 e. The number of thioether (sulfide) groups is 1. The lowest BCUT2D eigenvalue weighted by Gasteiger charge is -2.17. The van der Waals surface area contributed by atoms with E-state index in [4.69, 9.17) is 0 Å². The van der Waals surface area contributed by atoms with E-state index in [9.17, 15) is 9.18 Å². The number of hydrogen-bond donors (Lipinski definition) is 1. The van der Waals surface area contributed by atoms with Gasteiger partial charge in [0.05, 0.1) is 11.3 Å². The van der Waals surface area contributed by atoms with Crippen molar-refractivity contribution in [2.75, 3.05) is 5.32 Å². The number of nitrogens with one attached hydrogen (secondary N) is 1. The number of anilines is 1. The molecule has 0 aliphatic carbocycles. The fraction of sp³-hybridized carbons (Fsp3) is 0.211. The van der Waals surface area contributed by atoms with E-state index >= 15 is 0 Å². The van der Waals surface area contributed by atoms with Gasteiger partial charge in [-0.3, -0.25) is 4.79 Å². The van der Waals surface area contributed by atoms with E-state index < -0.39 is 5.25 Å². The topological polar surface area (TPSA) is 59.8 Å². The maximum atomic E-state index is 13.2. The Hall–Kier alpha value is -2.67. The van der Waals surface area contributed by atoms with Crippen molar-refractivity contribution in [1.82, 2.24) is 14.8 Å². The second-order valence-electron chi connectivity index (χ2n) is 5.87. The molecule has 0 fully saturated rings. The number of hydrogen-bond acceptors (Lipinski definition) is 4. The van der Waals surface area contributed by atoms with Gasteiger partial charge in [-0.15, -0.1) is 10.2 Å². The second kappa shape index (κ2) is 8.14. The second-order valence-corrected chi connectivity index (χ2v) is 7.18. The van der Waals surface area contributed by atoms with Crippen molar-refractivity contribution in [3.63, 3.8) is 0 Å². The summed E-state index contributed by atoms with van der Waals surface area (Å²) >= 11 is 1.31. The van der Waals surface area contributed by atoms with Crippen LogP contribution in [0.1, 0.15) is 25.5 Å². The highest BCUT2D eigenvalue weighted by molar-refractivity contribution is 8.00. The molecule has 7 heteroatoms. The quantitative estimate of drug-likeness (QED) is 0.663. The van der Waals surface area contributed by atoms with Crippen molar-refractivity contribution in [3.8, 4) is 0 Å². The van der Waals surface area contributed by atoms with Gasteiger partial charge < -0.3 is 9.88 Å². The van der Waals surface area contributed by atoms with Crippen LogP contribution in [0.4, 0.5) is 10.1 Å². The molecule has 0 spiro atoms. The van der Waals surface area contributed by atoms with Crippen LogP contribution in [-0.4, -0.2) is 25.9 Å². The lowest BCUT2D eigenvalue weighted by Crippen LogP contribution is -2.23. The Kier molecular flexibility index (Phi) is 5.68. The first kappa shape index (κ1) is 18.1. The van der Waals surface area contributed by atoms with E-state index in [2.05, 4.69) is 22.4 Å². The van der Waals surface area contributed by atoms with Gasteiger partial charge in [-0.05, 0) is 37.6 Å². The summed E-state index contributed by atoms with van der Waals surface area (Å²) in [6.45, 7) is 3.84. The third-order valence-electron chi connectivity index (χ3n) is 3.98. The van der Waals surface area contributed by atoms with Crippen molar-refractivity contribution in [3.05, 3.63) is 72.3 Å². The zero-order valence-electron chi connectivity index (χ0n) is 14.5. The lowest BCUT2D eigenvalue weighted by atomic mass is 10.1. The monoisotopic (exact) mass is 370 g/mol. The Balaban J connectivity index is 1.69. The van der Waals surface area contributed by atoms with Gasteiger partial charge in [0.1, 0.15) is 12.1 Å². The third kappa shape index (κ3) is 4.29. The molecule has 1 heterocycles. The van der Waals surface area contributed by atoms with Gasteiger partial charge in [-0.2, -0.15) is 0 Å². The fourth-order valence-corrected chi connectivity index (χ4v) is 3.40. The summed E-state index contributed by atoms with van der Waals surface area (Å²) in [5, 5.41) is 11.1. The molecule has 1 aromatic heterocycles.